The molecular formula is C17H23N3O2. The highest BCUT2D eigenvalue weighted by atomic mass is 16.3. The summed E-state index contributed by atoms with van der Waals surface area (Å²) < 4.78 is 0. The van der Waals surface area contributed by atoms with Crippen LogP contribution < -0.4 is 10.6 Å². The molecule has 5 heteroatoms. The van der Waals surface area contributed by atoms with Crippen LogP contribution in [0.2, 0.25) is 0 Å². The molecule has 1 fully saturated rings. The number of nitriles is 1. The zero-order chi connectivity index (χ0) is 15.8. The standard InChI is InChI=1S/C17H23N3O2/c18-10-13-6-8-15(9-7-13)20-17(22)11-19-16(12-21)14-4-2-1-3-5-14/h6-9,14,16,19,21H,1-5,11-12H2,(H,20,22). The second-order valence-corrected chi connectivity index (χ2v) is 5.81. The van der Waals surface area contributed by atoms with Crippen LogP contribution in [-0.4, -0.2) is 30.2 Å². The van der Waals surface area contributed by atoms with E-state index in [1.165, 1.54) is 19.3 Å². The lowest BCUT2D eigenvalue weighted by molar-refractivity contribution is -0.115. The van der Waals surface area contributed by atoms with E-state index in [2.05, 4.69) is 10.6 Å². The van der Waals surface area contributed by atoms with Crippen molar-refractivity contribution >= 4 is 11.6 Å². The zero-order valence-electron chi connectivity index (χ0n) is 12.7. The van der Waals surface area contributed by atoms with Gasteiger partial charge in [-0.15, -0.1) is 0 Å². The van der Waals surface area contributed by atoms with Gasteiger partial charge < -0.3 is 15.7 Å². The van der Waals surface area contributed by atoms with Gasteiger partial charge in [0.15, 0.2) is 0 Å². The molecule has 1 aliphatic rings. The number of carbonyl (C=O) groups excluding carboxylic acids is 1. The van der Waals surface area contributed by atoms with E-state index in [9.17, 15) is 9.90 Å². The van der Waals surface area contributed by atoms with Gasteiger partial charge in [0.1, 0.15) is 0 Å². The van der Waals surface area contributed by atoms with E-state index in [1.54, 1.807) is 24.3 Å². The van der Waals surface area contributed by atoms with Crippen LogP contribution in [0.25, 0.3) is 0 Å². The van der Waals surface area contributed by atoms with Gasteiger partial charge in [0, 0.05) is 11.7 Å². The summed E-state index contributed by atoms with van der Waals surface area (Å²) in [4.78, 5) is 11.9. The maximum Gasteiger partial charge on any atom is 0.238 e. The van der Waals surface area contributed by atoms with Crippen molar-refractivity contribution in [1.82, 2.24) is 5.32 Å². The van der Waals surface area contributed by atoms with Gasteiger partial charge in [-0.25, -0.2) is 0 Å². The molecule has 2 rings (SSSR count). The molecule has 0 spiro atoms. The van der Waals surface area contributed by atoms with E-state index in [4.69, 9.17) is 5.26 Å². The van der Waals surface area contributed by atoms with Crippen LogP contribution >= 0.6 is 0 Å². The van der Waals surface area contributed by atoms with E-state index < -0.39 is 0 Å². The zero-order valence-corrected chi connectivity index (χ0v) is 12.7. The summed E-state index contributed by atoms with van der Waals surface area (Å²) in [6.45, 7) is 0.247. The van der Waals surface area contributed by atoms with Gasteiger partial charge in [0.2, 0.25) is 5.91 Å². The fourth-order valence-corrected chi connectivity index (χ4v) is 2.97. The quantitative estimate of drug-likeness (QED) is 0.750. The number of anilines is 1. The van der Waals surface area contributed by atoms with Crippen molar-refractivity contribution < 1.29 is 9.90 Å². The van der Waals surface area contributed by atoms with Crippen LogP contribution in [0.5, 0.6) is 0 Å². The largest absolute Gasteiger partial charge is 0.395 e. The van der Waals surface area contributed by atoms with Crippen molar-refractivity contribution in [3.05, 3.63) is 29.8 Å². The molecular weight excluding hydrogens is 278 g/mol. The lowest BCUT2D eigenvalue weighted by Gasteiger charge is -2.29. The molecule has 0 saturated heterocycles. The predicted molar refractivity (Wildman–Crippen MR) is 85.2 cm³/mol. The highest BCUT2D eigenvalue weighted by molar-refractivity contribution is 5.92. The molecule has 0 bridgehead atoms. The first-order valence-electron chi connectivity index (χ1n) is 7.87. The molecule has 1 aromatic carbocycles. The number of aliphatic hydroxyl groups excluding tert-OH is 1. The molecule has 1 amide bonds. The maximum absolute atomic E-state index is 11.9. The highest BCUT2D eigenvalue weighted by Gasteiger charge is 2.23. The van der Waals surface area contributed by atoms with E-state index in [0.29, 0.717) is 17.2 Å². The fraction of sp³-hybridized carbons (Fsp3) is 0.529. The van der Waals surface area contributed by atoms with Crippen molar-refractivity contribution in [2.75, 3.05) is 18.5 Å². The van der Waals surface area contributed by atoms with E-state index in [0.717, 1.165) is 12.8 Å². The molecule has 1 aliphatic carbocycles. The Hall–Kier alpha value is -1.90. The number of carbonyl (C=O) groups is 1. The molecule has 118 valence electrons. The van der Waals surface area contributed by atoms with Gasteiger partial charge in [-0.3, -0.25) is 4.79 Å². The summed E-state index contributed by atoms with van der Waals surface area (Å²) >= 11 is 0. The Morgan fingerprint density at radius 2 is 1.95 bits per heavy atom. The smallest absolute Gasteiger partial charge is 0.238 e. The van der Waals surface area contributed by atoms with Gasteiger partial charge in [-0.1, -0.05) is 19.3 Å². The number of hydrogen-bond donors (Lipinski definition) is 3. The van der Waals surface area contributed by atoms with Crippen LogP contribution in [-0.2, 0) is 4.79 Å². The monoisotopic (exact) mass is 301 g/mol. The molecule has 5 nitrogen and oxygen atoms in total. The van der Waals surface area contributed by atoms with Gasteiger partial charge in [0.05, 0.1) is 24.8 Å². The van der Waals surface area contributed by atoms with Crippen molar-refractivity contribution in [2.24, 2.45) is 5.92 Å². The van der Waals surface area contributed by atoms with E-state index in [1.807, 2.05) is 6.07 Å². The molecule has 1 saturated carbocycles. The van der Waals surface area contributed by atoms with Crippen LogP contribution in [0.15, 0.2) is 24.3 Å². The Kier molecular flexibility index (Phi) is 6.38. The summed E-state index contributed by atoms with van der Waals surface area (Å²) in [5.41, 5.74) is 1.23. The Balaban J connectivity index is 1.79. The van der Waals surface area contributed by atoms with E-state index in [-0.39, 0.29) is 25.1 Å². The number of amides is 1. The lowest BCUT2D eigenvalue weighted by Crippen LogP contribution is -2.43. The summed E-state index contributed by atoms with van der Waals surface area (Å²) in [6, 6.07) is 8.79. The summed E-state index contributed by atoms with van der Waals surface area (Å²) in [7, 11) is 0. The minimum Gasteiger partial charge on any atom is -0.395 e. The Labute approximate surface area is 131 Å². The number of nitrogens with zero attached hydrogens (tertiary/aromatic N) is 1. The first kappa shape index (κ1) is 16.5. The fourth-order valence-electron chi connectivity index (χ4n) is 2.97. The second kappa shape index (κ2) is 8.52. The average molecular weight is 301 g/mol. The molecule has 0 aliphatic heterocycles. The molecule has 1 aromatic rings. The van der Waals surface area contributed by atoms with Crippen LogP contribution in [0, 0.1) is 17.2 Å². The molecule has 3 N–H and O–H groups in total. The Bertz CT molecular complexity index is 516. The Morgan fingerprint density at radius 1 is 1.27 bits per heavy atom. The highest BCUT2D eigenvalue weighted by Crippen LogP contribution is 2.26. The van der Waals surface area contributed by atoms with Crippen molar-refractivity contribution in [1.29, 1.82) is 5.26 Å². The molecule has 0 radical (unpaired) electrons. The average Bonchev–Trinajstić information content (AvgIpc) is 2.57. The van der Waals surface area contributed by atoms with Gasteiger partial charge in [-0.2, -0.15) is 5.26 Å². The van der Waals surface area contributed by atoms with Crippen LogP contribution in [0.1, 0.15) is 37.7 Å². The first-order valence-corrected chi connectivity index (χ1v) is 7.87. The second-order valence-electron chi connectivity index (χ2n) is 5.81. The van der Waals surface area contributed by atoms with Crippen molar-refractivity contribution in [3.8, 4) is 6.07 Å². The molecule has 22 heavy (non-hydrogen) atoms. The molecule has 0 aromatic heterocycles. The van der Waals surface area contributed by atoms with Gasteiger partial charge >= 0.3 is 0 Å². The number of hydrogen-bond acceptors (Lipinski definition) is 4. The van der Waals surface area contributed by atoms with Crippen molar-refractivity contribution in [2.45, 2.75) is 38.1 Å². The third-order valence-corrected chi connectivity index (χ3v) is 4.24. The number of nitrogens with one attached hydrogen (secondary N) is 2. The van der Waals surface area contributed by atoms with Crippen LogP contribution in [0.3, 0.4) is 0 Å². The maximum atomic E-state index is 11.9. The molecule has 1 unspecified atom stereocenters. The van der Waals surface area contributed by atoms with Crippen molar-refractivity contribution in [3.63, 3.8) is 0 Å². The minimum atomic E-state index is -0.140. The number of rotatable bonds is 6. The topological polar surface area (TPSA) is 85.2 Å². The molecule has 0 heterocycles. The first-order chi connectivity index (χ1) is 10.7. The summed E-state index contributed by atoms with van der Waals surface area (Å²) in [5.74, 6) is 0.320. The summed E-state index contributed by atoms with van der Waals surface area (Å²) in [5, 5.41) is 24.2. The third kappa shape index (κ3) is 4.83. The number of benzene rings is 1. The third-order valence-electron chi connectivity index (χ3n) is 4.24. The normalized spacial score (nSPS) is 16.7. The van der Waals surface area contributed by atoms with E-state index >= 15 is 0 Å². The predicted octanol–water partition coefficient (Wildman–Crippen LogP) is 2.03. The van der Waals surface area contributed by atoms with Crippen LogP contribution in [0.4, 0.5) is 5.69 Å². The van der Waals surface area contributed by atoms with Gasteiger partial charge in [-0.05, 0) is 43.0 Å². The minimum absolute atomic E-state index is 0.00739. The lowest BCUT2D eigenvalue weighted by atomic mass is 9.84. The summed E-state index contributed by atoms with van der Waals surface area (Å²) in [6.07, 6.45) is 5.93. The number of aliphatic hydroxyl groups is 1. The Morgan fingerprint density at radius 3 is 2.55 bits per heavy atom. The van der Waals surface area contributed by atoms with Gasteiger partial charge in [0.25, 0.3) is 0 Å². The molecule has 1 atom stereocenters. The SMILES string of the molecule is N#Cc1ccc(NC(=O)CNC(CO)C2CCCCC2)cc1.